The van der Waals surface area contributed by atoms with Gasteiger partial charge >= 0.3 is 0 Å². The van der Waals surface area contributed by atoms with Crippen molar-refractivity contribution in [2.75, 3.05) is 0 Å². The fraction of sp³-hybridized carbons (Fsp3) is 0.0625. The van der Waals surface area contributed by atoms with E-state index in [2.05, 4.69) is 9.98 Å². The van der Waals surface area contributed by atoms with E-state index in [1.165, 1.54) is 12.1 Å². The molecule has 0 bridgehead atoms. The molecule has 1 aromatic heterocycles. The fourth-order valence-corrected chi connectivity index (χ4v) is 1.66. The first-order valence-corrected chi connectivity index (χ1v) is 6.27. The number of rotatable bonds is 4. The number of hydrogen-bond donors (Lipinski definition) is 1. The number of benzene rings is 1. The van der Waals surface area contributed by atoms with E-state index in [4.69, 9.17) is 11.0 Å². The summed E-state index contributed by atoms with van der Waals surface area (Å²) in [5, 5.41) is 9.07. The molecule has 0 saturated carbocycles. The lowest BCUT2D eigenvalue weighted by molar-refractivity contribution is 0.611. The van der Waals surface area contributed by atoms with E-state index in [0.29, 0.717) is 17.0 Å². The average Bonchev–Trinajstić information content (AvgIpc) is 2.53. The fourth-order valence-electron chi connectivity index (χ4n) is 1.66. The zero-order chi connectivity index (χ0) is 15.1. The minimum absolute atomic E-state index is 0.0849. The van der Waals surface area contributed by atoms with Crippen LogP contribution in [0.25, 0.3) is 5.70 Å². The molecule has 1 aromatic carbocycles. The average molecular weight is 280 g/mol. The van der Waals surface area contributed by atoms with Crippen LogP contribution in [0, 0.1) is 17.1 Å². The summed E-state index contributed by atoms with van der Waals surface area (Å²) in [4.78, 5) is 8.15. The van der Waals surface area contributed by atoms with Crippen LogP contribution in [0.4, 0.5) is 4.39 Å². The minimum atomic E-state index is -0.347. The lowest BCUT2D eigenvalue weighted by atomic mass is 10.2. The normalized spacial score (nSPS) is 12.0. The van der Waals surface area contributed by atoms with Crippen molar-refractivity contribution in [2.24, 2.45) is 10.7 Å². The van der Waals surface area contributed by atoms with Crippen molar-refractivity contribution in [1.82, 2.24) is 4.98 Å². The second-order valence-corrected chi connectivity index (χ2v) is 4.22. The molecular formula is C16H13FN4. The molecule has 0 spiro atoms. The van der Waals surface area contributed by atoms with Crippen LogP contribution in [-0.4, -0.2) is 10.7 Å². The zero-order valence-corrected chi connectivity index (χ0v) is 11.2. The number of aromatic nitrogens is 1. The van der Waals surface area contributed by atoms with Crippen LogP contribution in [0.5, 0.6) is 0 Å². The number of nitrogens with zero attached hydrogens (tertiary/aromatic N) is 3. The Labute approximate surface area is 122 Å². The molecule has 0 aliphatic rings. The smallest absolute Gasteiger partial charge is 0.137 e. The Hall–Kier alpha value is -3.00. The van der Waals surface area contributed by atoms with Crippen molar-refractivity contribution in [3.8, 4) is 6.07 Å². The third-order valence-electron chi connectivity index (χ3n) is 2.75. The molecule has 0 amide bonds. The number of hydrogen-bond acceptors (Lipinski definition) is 4. The zero-order valence-electron chi connectivity index (χ0n) is 11.2. The molecule has 2 aromatic rings. The summed E-state index contributed by atoms with van der Waals surface area (Å²) in [6.07, 6.45) is 3.04. The lowest BCUT2D eigenvalue weighted by Gasteiger charge is -2.00. The van der Waals surface area contributed by atoms with Crippen molar-refractivity contribution < 1.29 is 4.39 Å². The van der Waals surface area contributed by atoms with E-state index in [1.54, 1.807) is 42.6 Å². The highest BCUT2D eigenvalue weighted by molar-refractivity contribution is 6.10. The summed E-state index contributed by atoms with van der Waals surface area (Å²) in [5.41, 5.74) is 7.31. The Balaban J connectivity index is 2.19. The van der Waals surface area contributed by atoms with Crippen LogP contribution in [-0.2, 0) is 6.54 Å². The number of nitriles is 1. The summed E-state index contributed by atoms with van der Waals surface area (Å²) in [6.45, 7) is 0.0849. The lowest BCUT2D eigenvalue weighted by Crippen LogP contribution is -2.02. The molecule has 4 nitrogen and oxygen atoms in total. The van der Waals surface area contributed by atoms with Gasteiger partial charge in [-0.25, -0.2) is 4.39 Å². The third-order valence-corrected chi connectivity index (χ3v) is 2.75. The van der Waals surface area contributed by atoms with Gasteiger partial charge in [0.25, 0.3) is 0 Å². The Bertz CT molecular complexity index is 715. The van der Waals surface area contributed by atoms with Crippen LogP contribution in [0.15, 0.2) is 59.7 Å². The van der Waals surface area contributed by atoms with E-state index in [9.17, 15) is 4.39 Å². The Morgan fingerprint density at radius 1 is 1.29 bits per heavy atom. The van der Waals surface area contributed by atoms with Crippen molar-refractivity contribution in [3.63, 3.8) is 0 Å². The second kappa shape index (κ2) is 6.96. The van der Waals surface area contributed by atoms with Crippen LogP contribution < -0.4 is 5.73 Å². The molecule has 0 aliphatic heterocycles. The monoisotopic (exact) mass is 280 g/mol. The maximum absolute atomic E-state index is 13.5. The number of pyridine rings is 1. The van der Waals surface area contributed by atoms with Crippen LogP contribution >= 0.6 is 0 Å². The van der Waals surface area contributed by atoms with Crippen molar-refractivity contribution in [1.29, 1.82) is 5.26 Å². The van der Waals surface area contributed by atoms with Gasteiger partial charge in [0.05, 0.1) is 17.9 Å². The largest absolute Gasteiger partial charge is 0.397 e. The molecule has 5 heteroatoms. The Morgan fingerprint density at radius 3 is 2.71 bits per heavy atom. The van der Waals surface area contributed by atoms with Gasteiger partial charge in [0.15, 0.2) is 0 Å². The molecule has 21 heavy (non-hydrogen) atoms. The molecule has 104 valence electrons. The highest BCUT2D eigenvalue weighted by atomic mass is 19.1. The predicted octanol–water partition coefficient (Wildman–Crippen LogP) is 2.69. The standard InChI is InChI=1S/C16H13FN4/c17-14-6-2-1-5-12(14)11-21-13(10-18)9-15(19)16-7-3-4-8-20-16/h1-9H,11,19H2. The number of aliphatic imine (C=N–C) groups is 1. The maximum atomic E-state index is 13.5. The molecule has 0 saturated heterocycles. The van der Waals surface area contributed by atoms with Crippen molar-refractivity contribution in [3.05, 3.63) is 71.8 Å². The first-order valence-electron chi connectivity index (χ1n) is 6.27. The van der Waals surface area contributed by atoms with E-state index < -0.39 is 0 Å². The highest BCUT2D eigenvalue weighted by Crippen LogP contribution is 2.09. The molecule has 2 N–H and O–H groups in total. The summed E-state index contributed by atoms with van der Waals surface area (Å²) in [5.74, 6) is -0.347. The van der Waals surface area contributed by atoms with Crippen LogP contribution in [0.1, 0.15) is 11.3 Å². The predicted molar refractivity (Wildman–Crippen MR) is 79.6 cm³/mol. The number of halogens is 1. The molecular weight excluding hydrogens is 267 g/mol. The van der Waals surface area contributed by atoms with Gasteiger partial charge in [0, 0.05) is 11.8 Å². The van der Waals surface area contributed by atoms with Crippen LogP contribution in [0.2, 0.25) is 0 Å². The number of allylic oxidation sites excluding steroid dienone is 1. The van der Waals surface area contributed by atoms with Gasteiger partial charge in [-0.15, -0.1) is 0 Å². The molecule has 0 fully saturated rings. The van der Waals surface area contributed by atoms with Crippen molar-refractivity contribution >= 4 is 11.4 Å². The van der Waals surface area contributed by atoms with E-state index in [-0.39, 0.29) is 18.1 Å². The Kier molecular flexibility index (Phi) is 4.78. The van der Waals surface area contributed by atoms with Crippen LogP contribution in [0.3, 0.4) is 0 Å². The molecule has 0 atom stereocenters. The molecule has 0 aliphatic carbocycles. The van der Waals surface area contributed by atoms with E-state index in [0.717, 1.165) is 0 Å². The van der Waals surface area contributed by atoms with Gasteiger partial charge in [0.1, 0.15) is 17.6 Å². The molecule has 1 heterocycles. The minimum Gasteiger partial charge on any atom is -0.397 e. The Morgan fingerprint density at radius 2 is 2.05 bits per heavy atom. The van der Waals surface area contributed by atoms with Gasteiger partial charge in [-0.3, -0.25) is 9.98 Å². The maximum Gasteiger partial charge on any atom is 0.137 e. The van der Waals surface area contributed by atoms with Gasteiger partial charge in [-0.05, 0) is 24.3 Å². The SMILES string of the molecule is N#CC(C=C(N)c1ccccn1)=NCc1ccccc1F. The first kappa shape index (κ1) is 14.4. The topological polar surface area (TPSA) is 75.1 Å². The summed E-state index contributed by atoms with van der Waals surface area (Å²) in [7, 11) is 0. The van der Waals surface area contributed by atoms with E-state index in [1.807, 2.05) is 6.07 Å². The number of nitrogens with two attached hydrogens (primary N) is 1. The quantitative estimate of drug-likeness (QED) is 0.875. The summed E-state index contributed by atoms with van der Waals surface area (Å²) >= 11 is 0. The van der Waals surface area contributed by atoms with Gasteiger partial charge in [-0.1, -0.05) is 24.3 Å². The highest BCUT2D eigenvalue weighted by Gasteiger charge is 2.02. The second-order valence-electron chi connectivity index (χ2n) is 4.22. The third kappa shape index (κ3) is 3.98. The summed E-state index contributed by atoms with van der Waals surface area (Å²) in [6, 6.07) is 13.5. The van der Waals surface area contributed by atoms with Gasteiger partial charge < -0.3 is 5.73 Å². The molecule has 0 radical (unpaired) electrons. The van der Waals surface area contributed by atoms with Crippen molar-refractivity contribution in [2.45, 2.75) is 6.54 Å². The molecule has 2 rings (SSSR count). The first-order chi connectivity index (χ1) is 10.2. The van der Waals surface area contributed by atoms with Gasteiger partial charge in [-0.2, -0.15) is 5.26 Å². The van der Waals surface area contributed by atoms with Gasteiger partial charge in [0.2, 0.25) is 0 Å². The van der Waals surface area contributed by atoms with E-state index >= 15 is 0 Å². The molecule has 0 unspecified atom stereocenters. The summed E-state index contributed by atoms with van der Waals surface area (Å²) < 4.78 is 13.5.